The van der Waals surface area contributed by atoms with Gasteiger partial charge in [0.05, 0.1) is 18.3 Å². The standard InChI is InChI=1S/C22H27N7O/c1-12-5-4-6-15(9-12)25-22-27-19-18(23-11-24-19)20(28-22)26-17-14-8-7-13(10-14)16(17)21(30)29(2)3/h4-9,11,13-14,16-19H,10H2,1-3H3,(H,23,24)(H2,25,26,27,28). The topological polar surface area (TPSA) is 93.5 Å². The number of amidine groups is 1. The zero-order valence-corrected chi connectivity index (χ0v) is 17.4. The number of carbonyl (C=O) groups is 1. The van der Waals surface area contributed by atoms with E-state index in [1.54, 1.807) is 11.2 Å². The summed E-state index contributed by atoms with van der Waals surface area (Å²) >= 11 is 0. The number of guanidine groups is 1. The van der Waals surface area contributed by atoms with Crippen LogP contribution in [0.3, 0.4) is 0 Å². The van der Waals surface area contributed by atoms with Crippen LogP contribution in [-0.2, 0) is 4.79 Å². The molecule has 0 saturated heterocycles. The Morgan fingerprint density at radius 3 is 2.90 bits per heavy atom. The van der Waals surface area contributed by atoms with Crippen LogP contribution >= 0.6 is 0 Å². The molecule has 2 aliphatic heterocycles. The van der Waals surface area contributed by atoms with Crippen LogP contribution in [0.1, 0.15) is 12.0 Å². The highest BCUT2D eigenvalue weighted by molar-refractivity contribution is 6.10. The highest BCUT2D eigenvalue weighted by Gasteiger charge is 2.49. The fourth-order valence-corrected chi connectivity index (χ4v) is 4.86. The number of aliphatic imine (C=N–C) groups is 3. The van der Waals surface area contributed by atoms with Gasteiger partial charge in [0.2, 0.25) is 11.9 Å². The molecule has 1 fully saturated rings. The number of amides is 1. The first-order valence-corrected chi connectivity index (χ1v) is 10.4. The second-order valence-electron chi connectivity index (χ2n) is 8.64. The summed E-state index contributed by atoms with van der Waals surface area (Å²) in [4.78, 5) is 28.8. The van der Waals surface area contributed by atoms with Crippen molar-refractivity contribution in [1.29, 1.82) is 0 Å². The van der Waals surface area contributed by atoms with Crippen LogP contribution in [0.2, 0.25) is 0 Å². The average molecular weight is 406 g/mol. The number of aryl methyl sites for hydroxylation is 1. The number of carbonyl (C=O) groups excluding carboxylic acids is 1. The summed E-state index contributed by atoms with van der Waals surface area (Å²) in [6.07, 6.45) is 6.82. The van der Waals surface area contributed by atoms with Gasteiger partial charge in [-0.05, 0) is 37.0 Å². The number of anilines is 1. The molecule has 2 heterocycles. The molecule has 1 saturated carbocycles. The lowest BCUT2D eigenvalue weighted by Crippen LogP contribution is -2.55. The molecule has 156 valence electrons. The van der Waals surface area contributed by atoms with Gasteiger partial charge in [-0.1, -0.05) is 24.3 Å². The molecule has 8 nitrogen and oxygen atoms in total. The van der Waals surface area contributed by atoms with Crippen LogP contribution in [-0.4, -0.2) is 61.3 Å². The van der Waals surface area contributed by atoms with E-state index < -0.39 is 0 Å². The lowest BCUT2D eigenvalue weighted by Gasteiger charge is -2.31. The third kappa shape index (κ3) is 3.26. The number of nitrogens with zero attached hydrogens (tertiary/aromatic N) is 4. The van der Waals surface area contributed by atoms with Gasteiger partial charge >= 0.3 is 0 Å². The first-order chi connectivity index (χ1) is 14.5. The molecule has 3 N–H and O–H groups in total. The molecule has 1 aromatic carbocycles. The summed E-state index contributed by atoms with van der Waals surface area (Å²) in [6, 6.07) is 7.93. The predicted molar refractivity (Wildman–Crippen MR) is 119 cm³/mol. The second-order valence-corrected chi connectivity index (χ2v) is 8.64. The number of benzene rings is 1. The Morgan fingerprint density at radius 2 is 2.10 bits per heavy atom. The van der Waals surface area contributed by atoms with Crippen molar-refractivity contribution in [1.82, 2.24) is 15.5 Å². The van der Waals surface area contributed by atoms with Gasteiger partial charge in [0.25, 0.3) is 0 Å². The summed E-state index contributed by atoms with van der Waals surface area (Å²) < 4.78 is 0. The number of allylic oxidation sites excluding steroid dienone is 1. The van der Waals surface area contributed by atoms with Gasteiger partial charge in [0, 0.05) is 25.7 Å². The molecule has 6 atom stereocenters. The van der Waals surface area contributed by atoms with Crippen LogP contribution in [0.5, 0.6) is 0 Å². The summed E-state index contributed by atoms with van der Waals surface area (Å²) in [5, 5.41) is 9.96. The minimum atomic E-state index is -0.269. The van der Waals surface area contributed by atoms with Crippen molar-refractivity contribution in [3.8, 4) is 0 Å². The summed E-state index contributed by atoms with van der Waals surface area (Å²) in [5.74, 6) is 2.00. The molecule has 0 spiro atoms. The minimum absolute atomic E-state index is 0.0706. The molecule has 8 heteroatoms. The van der Waals surface area contributed by atoms with Gasteiger partial charge in [0.1, 0.15) is 11.9 Å². The van der Waals surface area contributed by atoms with Crippen molar-refractivity contribution in [2.45, 2.75) is 31.6 Å². The Bertz CT molecular complexity index is 979. The molecular formula is C22H27N7O. The van der Waals surface area contributed by atoms with E-state index in [-0.39, 0.29) is 36.0 Å². The molecular weight excluding hydrogens is 378 g/mol. The molecule has 6 unspecified atom stereocenters. The maximum atomic E-state index is 12.9. The van der Waals surface area contributed by atoms with E-state index in [1.165, 1.54) is 5.56 Å². The summed E-state index contributed by atoms with van der Waals surface area (Å²) in [7, 11) is 3.64. The molecule has 4 aliphatic rings. The third-order valence-corrected chi connectivity index (χ3v) is 6.29. The molecule has 1 amide bonds. The SMILES string of the molecule is Cc1cccc(NC2=NC3N=CNC3C(=NC3C4C=CC(C4)C3C(=O)N(C)C)N2)c1. The Kier molecular flexibility index (Phi) is 4.56. The van der Waals surface area contributed by atoms with Crippen LogP contribution in [0, 0.1) is 24.7 Å². The van der Waals surface area contributed by atoms with Crippen LogP contribution in [0.15, 0.2) is 51.4 Å². The van der Waals surface area contributed by atoms with Crippen LogP contribution in [0.4, 0.5) is 5.69 Å². The summed E-state index contributed by atoms with van der Waals surface area (Å²) in [5.41, 5.74) is 2.13. The number of fused-ring (bicyclic) bond motifs is 3. The van der Waals surface area contributed by atoms with Crippen molar-refractivity contribution >= 4 is 29.7 Å². The van der Waals surface area contributed by atoms with E-state index >= 15 is 0 Å². The first kappa shape index (κ1) is 18.8. The van der Waals surface area contributed by atoms with Crippen molar-refractivity contribution < 1.29 is 4.79 Å². The van der Waals surface area contributed by atoms with Crippen molar-refractivity contribution in [3.05, 3.63) is 42.0 Å². The predicted octanol–water partition coefficient (Wildman–Crippen LogP) is 1.37. The van der Waals surface area contributed by atoms with E-state index in [1.807, 2.05) is 26.2 Å². The second kappa shape index (κ2) is 7.27. The number of hydrogen-bond acceptors (Lipinski definition) is 6. The van der Waals surface area contributed by atoms with Gasteiger partial charge in [-0.25, -0.2) is 9.98 Å². The van der Waals surface area contributed by atoms with Gasteiger partial charge in [0.15, 0.2) is 6.17 Å². The first-order valence-electron chi connectivity index (χ1n) is 10.4. The lowest BCUT2D eigenvalue weighted by molar-refractivity contribution is -0.134. The van der Waals surface area contributed by atoms with Crippen LogP contribution < -0.4 is 16.0 Å². The highest BCUT2D eigenvalue weighted by Crippen LogP contribution is 2.46. The maximum absolute atomic E-state index is 12.9. The normalized spacial score (nSPS) is 34.4. The molecule has 0 aromatic heterocycles. The lowest BCUT2D eigenvalue weighted by atomic mass is 9.88. The zero-order valence-electron chi connectivity index (χ0n) is 17.4. The van der Waals surface area contributed by atoms with E-state index in [0.717, 1.165) is 17.9 Å². The minimum Gasteiger partial charge on any atom is -0.363 e. The van der Waals surface area contributed by atoms with Gasteiger partial charge < -0.3 is 20.9 Å². The van der Waals surface area contributed by atoms with E-state index in [4.69, 9.17) is 4.99 Å². The molecule has 0 radical (unpaired) electrons. The molecule has 30 heavy (non-hydrogen) atoms. The zero-order chi connectivity index (χ0) is 20.8. The monoisotopic (exact) mass is 405 g/mol. The smallest absolute Gasteiger partial charge is 0.227 e. The molecule has 5 rings (SSSR count). The maximum Gasteiger partial charge on any atom is 0.227 e. The van der Waals surface area contributed by atoms with Crippen molar-refractivity contribution in [2.75, 3.05) is 19.4 Å². The number of hydrogen-bond donors (Lipinski definition) is 3. The molecule has 1 aromatic rings. The highest BCUT2D eigenvalue weighted by atomic mass is 16.2. The van der Waals surface area contributed by atoms with E-state index in [9.17, 15) is 4.79 Å². The Labute approximate surface area is 176 Å². The fourth-order valence-electron chi connectivity index (χ4n) is 4.86. The largest absolute Gasteiger partial charge is 0.363 e. The molecule has 2 aliphatic carbocycles. The van der Waals surface area contributed by atoms with Gasteiger partial charge in [-0.15, -0.1) is 0 Å². The summed E-state index contributed by atoms with van der Waals surface area (Å²) in [6.45, 7) is 2.06. The van der Waals surface area contributed by atoms with Gasteiger partial charge in [-0.3, -0.25) is 9.79 Å². The Morgan fingerprint density at radius 1 is 1.27 bits per heavy atom. The average Bonchev–Trinajstić information content (AvgIpc) is 3.43. The quantitative estimate of drug-likeness (QED) is 0.662. The number of rotatable bonds is 3. The van der Waals surface area contributed by atoms with Crippen LogP contribution in [0.25, 0.3) is 0 Å². The Balaban J connectivity index is 1.43. The van der Waals surface area contributed by atoms with E-state index in [2.05, 4.69) is 57.1 Å². The number of nitrogens with one attached hydrogen (secondary N) is 3. The molecule has 2 bridgehead atoms. The van der Waals surface area contributed by atoms with Crippen molar-refractivity contribution in [3.63, 3.8) is 0 Å². The van der Waals surface area contributed by atoms with Gasteiger partial charge in [-0.2, -0.15) is 0 Å². The third-order valence-electron chi connectivity index (χ3n) is 6.29. The fraction of sp³-hybridized carbons (Fsp3) is 0.455. The Hall–Kier alpha value is -3.16. The van der Waals surface area contributed by atoms with E-state index in [0.29, 0.717) is 11.9 Å². The van der Waals surface area contributed by atoms with Crippen molar-refractivity contribution in [2.24, 2.45) is 32.7 Å².